The Hall–Kier alpha value is -2.95. The minimum absolute atomic E-state index is 0.321. The molecule has 4 rings (SSSR count). The molecule has 160 valence electrons. The van der Waals surface area contributed by atoms with Crippen LogP contribution in [0.4, 0.5) is 0 Å². The first-order valence-electron chi connectivity index (χ1n) is 10.7. The second-order valence-electron chi connectivity index (χ2n) is 8.37. The summed E-state index contributed by atoms with van der Waals surface area (Å²) in [7, 11) is 0. The molecule has 1 N–H and O–H groups in total. The van der Waals surface area contributed by atoms with Crippen molar-refractivity contribution in [1.29, 1.82) is 0 Å². The Morgan fingerprint density at radius 3 is 2.26 bits per heavy atom. The molecule has 31 heavy (non-hydrogen) atoms. The first-order valence-corrected chi connectivity index (χ1v) is 10.7. The van der Waals surface area contributed by atoms with Gasteiger partial charge in [-0.2, -0.15) is 0 Å². The van der Waals surface area contributed by atoms with Crippen LogP contribution in [0.2, 0.25) is 0 Å². The van der Waals surface area contributed by atoms with Crippen LogP contribution >= 0.6 is 0 Å². The van der Waals surface area contributed by atoms with Crippen molar-refractivity contribution in [2.45, 2.75) is 52.2 Å². The molecule has 0 spiro atoms. The van der Waals surface area contributed by atoms with Gasteiger partial charge >= 0.3 is 5.97 Å². The number of cyclic esters (lactones) is 1. The second-order valence-corrected chi connectivity index (χ2v) is 8.37. The van der Waals surface area contributed by atoms with E-state index in [0.29, 0.717) is 5.56 Å². The first-order chi connectivity index (χ1) is 14.9. The molecule has 1 aliphatic rings. The van der Waals surface area contributed by atoms with Crippen molar-refractivity contribution in [1.82, 2.24) is 0 Å². The van der Waals surface area contributed by atoms with Gasteiger partial charge in [0.2, 0.25) is 0 Å². The van der Waals surface area contributed by atoms with E-state index in [1.54, 1.807) is 0 Å². The summed E-state index contributed by atoms with van der Waals surface area (Å²) in [5.41, 5.74) is 6.45. The van der Waals surface area contributed by atoms with Crippen LogP contribution in [0.5, 0.6) is 0 Å². The van der Waals surface area contributed by atoms with Gasteiger partial charge in [-0.05, 0) is 55.5 Å². The molecule has 1 heterocycles. The van der Waals surface area contributed by atoms with Crippen molar-refractivity contribution >= 4 is 5.97 Å². The number of ether oxygens (including phenoxy) is 1. The maximum Gasteiger partial charge on any atom is 0.340 e. The Bertz CT molecular complexity index is 1130. The normalized spacial score (nSPS) is 18.5. The smallest absolute Gasteiger partial charge is 0.340 e. The lowest BCUT2D eigenvalue weighted by Crippen LogP contribution is -2.30. The van der Waals surface area contributed by atoms with E-state index in [1.165, 1.54) is 5.56 Å². The highest BCUT2D eigenvalue weighted by Gasteiger charge is 2.48. The summed E-state index contributed by atoms with van der Waals surface area (Å²) in [6.07, 6.45) is 1.23. The lowest BCUT2D eigenvalue weighted by atomic mass is 9.78. The molecule has 3 aromatic rings. The SMILES string of the molecule is CCCC(OO)c1ccc(C2(c3ccc(C)c(C)c3)OC(=O)c3ccccc32)cc1C. The Morgan fingerprint density at radius 2 is 1.61 bits per heavy atom. The summed E-state index contributed by atoms with van der Waals surface area (Å²) in [6, 6.07) is 19.8. The van der Waals surface area contributed by atoms with Crippen LogP contribution < -0.4 is 0 Å². The van der Waals surface area contributed by atoms with Gasteiger partial charge in [0.1, 0.15) is 6.10 Å². The highest BCUT2D eigenvalue weighted by molar-refractivity contribution is 5.96. The number of aryl methyl sites for hydroxylation is 3. The minimum atomic E-state index is -1.02. The van der Waals surface area contributed by atoms with Crippen LogP contribution in [0.1, 0.15) is 75.2 Å². The average molecular weight is 417 g/mol. The lowest BCUT2D eigenvalue weighted by molar-refractivity contribution is -0.283. The van der Waals surface area contributed by atoms with Crippen LogP contribution in [-0.4, -0.2) is 11.2 Å². The average Bonchev–Trinajstić information content (AvgIpc) is 3.08. The second kappa shape index (κ2) is 8.29. The van der Waals surface area contributed by atoms with Crippen LogP contribution in [0, 0.1) is 20.8 Å². The number of carbonyl (C=O) groups excluding carboxylic acids is 1. The third-order valence-electron chi connectivity index (χ3n) is 6.39. The zero-order chi connectivity index (χ0) is 22.2. The molecule has 2 atom stereocenters. The molecule has 0 saturated carbocycles. The van der Waals surface area contributed by atoms with Gasteiger partial charge in [-0.15, -0.1) is 0 Å². The van der Waals surface area contributed by atoms with E-state index >= 15 is 0 Å². The van der Waals surface area contributed by atoms with Crippen LogP contribution in [-0.2, 0) is 15.2 Å². The number of hydrogen-bond donors (Lipinski definition) is 1. The molecule has 0 radical (unpaired) electrons. The summed E-state index contributed by atoms with van der Waals surface area (Å²) >= 11 is 0. The van der Waals surface area contributed by atoms with Gasteiger partial charge in [0.15, 0.2) is 5.60 Å². The number of hydrogen-bond acceptors (Lipinski definition) is 4. The van der Waals surface area contributed by atoms with E-state index < -0.39 is 5.60 Å². The standard InChI is InChI=1S/C27H28O4/c1-5-8-25(31-29)22-14-13-21(16-19(22)4)27(20-12-11-17(2)18(3)15-20)24-10-7-6-9-23(24)26(28)30-27/h6-7,9-16,25,29H,5,8H2,1-4H3. The Balaban J connectivity index is 1.95. The molecule has 0 fully saturated rings. The van der Waals surface area contributed by atoms with E-state index in [4.69, 9.17) is 9.62 Å². The molecule has 0 aliphatic carbocycles. The molecule has 0 bridgehead atoms. The Labute approximate surface area is 183 Å². The van der Waals surface area contributed by atoms with Crippen molar-refractivity contribution in [2.24, 2.45) is 0 Å². The van der Waals surface area contributed by atoms with Gasteiger partial charge in [-0.1, -0.05) is 67.9 Å². The summed E-state index contributed by atoms with van der Waals surface area (Å²) < 4.78 is 6.20. The fourth-order valence-electron chi connectivity index (χ4n) is 4.56. The fourth-order valence-corrected chi connectivity index (χ4v) is 4.56. The predicted molar refractivity (Wildman–Crippen MR) is 120 cm³/mol. The van der Waals surface area contributed by atoms with E-state index in [9.17, 15) is 10.1 Å². The van der Waals surface area contributed by atoms with Gasteiger partial charge < -0.3 is 4.74 Å². The van der Waals surface area contributed by atoms with Crippen molar-refractivity contribution in [3.05, 3.63) is 105 Å². The molecular weight excluding hydrogens is 388 g/mol. The quantitative estimate of drug-likeness (QED) is 0.287. The third kappa shape index (κ3) is 3.46. The highest BCUT2D eigenvalue weighted by atomic mass is 17.1. The zero-order valence-corrected chi connectivity index (χ0v) is 18.4. The summed E-state index contributed by atoms with van der Waals surface area (Å²) in [5, 5.41) is 9.40. The molecular formula is C27H28O4. The van der Waals surface area contributed by atoms with Crippen molar-refractivity contribution in [3.63, 3.8) is 0 Å². The molecule has 2 unspecified atom stereocenters. The minimum Gasteiger partial charge on any atom is -0.441 e. The Kier molecular flexibility index (Phi) is 5.69. The zero-order valence-electron chi connectivity index (χ0n) is 18.4. The molecule has 4 nitrogen and oxygen atoms in total. The van der Waals surface area contributed by atoms with Crippen molar-refractivity contribution in [3.8, 4) is 0 Å². The number of fused-ring (bicyclic) bond motifs is 1. The number of rotatable bonds is 6. The van der Waals surface area contributed by atoms with Crippen molar-refractivity contribution < 1.29 is 19.7 Å². The third-order valence-corrected chi connectivity index (χ3v) is 6.39. The van der Waals surface area contributed by atoms with E-state index in [0.717, 1.165) is 46.2 Å². The summed E-state index contributed by atoms with van der Waals surface area (Å²) in [5.74, 6) is -0.321. The van der Waals surface area contributed by atoms with Crippen molar-refractivity contribution in [2.75, 3.05) is 0 Å². The monoisotopic (exact) mass is 416 g/mol. The lowest BCUT2D eigenvalue weighted by Gasteiger charge is -2.31. The molecule has 0 amide bonds. The number of esters is 1. The van der Waals surface area contributed by atoms with E-state index in [1.807, 2.05) is 55.5 Å². The van der Waals surface area contributed by atoms with Crippen LogP contribution in [0.25, 0.3) is 0 Å². The van der Waals surface area contributed by atoms with Gasteiger partial charge in [0, 0.05) is 16.7 Å². The maximum absolute atomic E-state index is 12.9. The fraction of sp³-hybridized carbons (Fsp3) is 0.296. The largest absolute Gasteiger partial charge is 0.441 e. The summed E-state index contributed by atoms with van der Waals surface area (Å²) in [6.45, 7) is 8.19. The molecule has 3 aromatic carbocycles. The first kappa shape index (κ1) is 21.3. The van der Waals surface area contributed by atoms with E-state index in [-0.39, 0.29) is 12.1 Å². The molecule has 1 aliphatic heterocycles. The summed E-state index contributed by atoms with van der Waals surface area (Å²) in [4.78, 5) is 17.6. The molecule has 0 aromatic heterocycles. The predicted octanol–water partition coefficient (Wildman–Crippen LogP) is 6.40. The van der Waals surface area contributed by atoms with Gasteiger partial charge in [0.25, 0.3) is 0 Å². The topological polar surface area (TPSA) is 55.8 Å². The van der Waals surface area contributed by atoms with Crippen LogP contribution in [0.15, 0.2) is 60.7 Å². The van der Waals surface area contributed by atoms with Gasteiger partial charge in [-0.25, -0.2) is 9.68 Å². The van der Waals surface area contributed by atoms with Gasteiger partial charge in [-0.3, -0.25) is 5.26 Å². The number of carbonyl (C=O) groups is 1. The maximum atomic E-state index is 12.9. The van der Waals surface area contributed by atoms with Crippen LogP contribution in [0.3, 0.4) is 0 Å². The number of benzene rings is 3. The van der Waals surface area contributed by atoms with E-state index in [2.05, 4.69) is 32.9 Å². The van der Waals surface area contributed by atoms with Gasteiger partial charge in [0.05, 0.1) is 5.56 Å². The Morgan fingerprint density at radius 1 is 0.935 bits per heavy atom. The highest BCUT2D eigenvalue weighted by Crippen LogP contribution is 2.47. The molecule has 4 heteroatoms. The molecule has 0 saturated heterocycles.